The van der Waals surface area contributed by atoms with Gasteiger partial charge >= 0.3 is 0 Å². The molecule has 0 aromatic heterocycles. The predicted molar refractivity (Wildman–Crippen MR) is 125 cm³/mol. The van der Waals surface area contributed by atoms with Gasteiger partial charge in [-0.2, -0.15) is 0 Å². The lowest BCUT2D eigenvalue weighted by atomic mass is 10.1. The smallest absolute Gasteiger partial charge is 0.259 e. The van der Waals surface area contributed by atoms with E-state index in [0.717, 1.165) is 0 Å². The number of sulfonamides is 1. The number of carbonyl (C=O) groups is 1. The highest BCUT2D eigenvalue weighted by Crippen LogP contribution is 2.34. The molecule has 0 radical (unpaired) electrons. The van der Waals surface area contributed by atoms with Gasteiger partial charge in [0.1, 0.15) is 29.0 Å². The van der Waals surface area contributed by atoms with E-state index in [1.807, 2.05) is 4.83 Å². The summed E-state index contributed by atoms with van der Waals surface area (Å²) in [6.07, 6.45) is 2.96. The highest BCUT2D eigenvalue weighted by molar-refractivity contribution is 7.89. The van der Waals surface area contributed by atoms with Crippen LogP contribution in [0.4, 0.5) is 5.69 Å². The number of rotatable bonds is 12. The summed E-state index contributed by atoms with van der Waals surface area (Å²) in [5.74, 6) is 0.907. The van der Waals surface area contributed by atoms with Crippen molar-refractivity contribution in [3.8, 4) is 23.0 Å². The molecule has 0 aliphatic rings. The van der Waals surface area contributed by atoms with Crippen LogP contribution >= 0.6 is 0 Å². The molecule has 0 unspecified atom stereocenters. The number of nitrogens with one attached hydrogen (secondary N) is 3. The minimum Gasteiger partial charge on any atom is -0.496 e. The lowest BCUT2D eigenvalue weighted by molar-refractivity contribution is -0.124. The molecule has 2 aromatic carbocycles. The molecule has 0 aliphatic carbocycles. The number of ether oxygens (including phenoxy) is 4. The Balaban J connectivity index is 2.08. The second-order valence-electron chi connectivity index (χ2n) is 6.68. The minimum absolute atomic E-state index is 0.112. The zero-order chi connectivity index (χ0) is 25.3. The van der Waals surface area contributed by atoms with E-state index in [9.17, 15) is 18.3 Å². The molecule has 0 saturated carbocycles. The molecule has 0 saturated heterocycles. The number of aliphatic hydroxyl groups is 1. The Morgan fingerprint density at radius 3 is 2.15 bits per heavy atom. The van der Waals surface area contributed by atoms with E-state index >= 15 is 0 Å². The van der Waals surface area contributed by atoms with Gasteiger partial charge in [-0.3, -0.25) is 10.2 Å². The lowest BCUT2D eigenvalue weighted by Gasteiger charge is -2.16. The molecule has 12 nitrogen and oxygen atoms in total. The Bertz CT molecular complexity index is 1110. The van der Waals surface area contributed by atoms with Crippen molar-refractivity contribution in [3.63, 3.8) is 0 Å². The molecule has 0 fully saturated rings. The van der Waals surface area contributed by atoms with Crippen LogP contribution < -0.4 is 40.3 Å². The van der Waals surface area contributed by atoms with Gasteiger partial charge in [0.15, 0.2) is 0 Å². The number of hydrazine groups is 1. The van der Waals surface area contributed by atoms with Crippen LogP contribution in [0.15, 0.2) is 41.4 Å². The zero-order valence-corrected chi connectivity index (χ0v) is 19.9. The summed E-state index contributed by atoms with van der Waals surface area (Å²) in [6, 6.07) is 5.97. The van der Waals surface area contributed by atoms with Crippen molar-refractivity contribution in [2.75, 3.05) is 40.8 Å². The molecule has 13 heteroatoms. The normalized spacial score (nSPS) is 12.1. The number of hydrogen-bond donors (Lipinski definition) is 5. The number of methoxy groups -OCH3 is 4. The van der Waals surface area contributed by atoms with E-state index in [2.05, 4.69) is 10.7 Å². The first-order valence-corrected chi connectivity index (χ1v) is 11.3. The molecule has 0 bridgehead atoms. The average Bonchev–Trinajstić information content (AvgIpc) is 2.84. The van der Waals surface area contributed by atoms with E-state index in [0.29, 0.717) is 28.6 Å². The fourth-order valence-electron chi connectivity index (χ4n) is 2.80. The van der Waals surface area contributed by atoms with Crippen LogP contribution in [-0.4, -0.2) is 60.5 Å². The van der Waals surface area contributed by atoms with Gasteiger partial charge in [-0.15, -0.1) is 4.83 Å². The van der Waals surface area contributed by atoms with Crippen LogP contribution in [0.25, 0.3) is 6.08 Å². The van der Waals surface area contributed by atoms with Crippen LogP contribution in [-0.2, 0) is 14.8 Å². The summed E-state index contributed by atoms with van der Waals surface area (Å²) in [5.41, 5.74) is 8.45. The third kappa shape index (κ3) is 6.43. The van der Waals surface area contributed by atoms with E-state index < -0.39 is 28.6 Å². The second-order valence-corrected chi connectivity index (χ2v) is 8.36. The fourth-order valence-corrected chi connectivity index (χ4v) is 3.68. The third-order valence-corrected chi connectivity index (χ3v) is 5.87. The molecule has 2 rings (SSSR count). The first-order valence-electron chi connectivity index (χ1n) is 9.79. The summed E-state index contributed by atoms with van der Waals surface area (Å²) < 4.78 is 45.7. The molecule has 186 valence electrons. The maximum absolute atomic E-state index is 12.4. The molecule has 0 aliphatic heterocycles. The highest BCUT2D eigenvalue weighted by Gasteiger charge is 2.21. The highest BCUT2D eigenvalue weighted by atomic mass is 32.2. The number of amides is 1. The summed E-state index contributed by atoms with van der Waals surface area (Å²) in [5, 5.41) is 12.3. The number of aliphatic hydroxyl groups excluding tert-OH is 1. The van der Waals surface area contributed by atoms with Crippen LogP contribution in [0.1, 0.15) is 5.56 Å². The van der Waals surface area contributed by atoms with Crippen molar-refractivity contribution in [3.05, 3.63) is 42.1 Å². The molecule has 1 amide bonds. The molecular formula is C21H28N4O8S. The van der Waals surface area contributed by atoms with Gasteiger partial charge in [0.25, 0.3) is 15.9 Å². The average molecular weight is 497 g/mol. The summed E-state index contributed by atoms with van der Waals surface area (Å²) >= 11 is 0. The maximum Gasteiger partial charge on any atom is 0.259 e. The maximum atomic E-state index is 12.4. The standard InChI is InChI=1S/C21H28N4O8S/c1-30-13-9-19(32-3)15(20(10-13)33-4)7-8-23-17(12-26)21(27)24-25-34(28,29)14-5-6-18(31-2)16(22)11-14/h5-11,17,23,25-26H,12,22H2,1-4H3,(H,24,27)/b8-7+/t17-/m0/s1. The van der Waals surface area contributed by atoms with Crippen molar-refractivity contribution < 1.29 is 37.3 Å². The Morgan fingerprint density at radius 1 is 1.03 bits per heavy atom. The fraction of sp³-hybridized carbons (Fsp3) is 0.286. The topological polar surface area (TPSA) is 170 Å². The Hall–Kier alpha value is -3.68. The molecule has 0 heterocycles. The second kappa shape index (κ2) is 12.0. The van der Waals surface area contributed by atoms with Gasteiger partial charge in [0, 0.05) is 12.1 Å². The number of benzene rings is 2. The summed E-state index contributed by atoms with van der Waals surface area (Å²) in [6.45, 7) is -0.621. The largest absolute Gasteiger partial charge is 0.496 e. The number of nitrogen functional groups attached to an aromatic ring is 1. The first kappa shape index (κ1) is 26.6. The Morgan fingerprint density at radius 2 is 1.65 bits per heavy atom. The van der Waals surface area contributed by atoms with Crippen molar-refractivity contribution >= 4 is 27.7 Å². The van der Waals surface area contributed by atoms with Gasteiger partial charge in [-0.1, -0.05) is 0 Å². The van der Waals surface area contributed by atoms with Gasteiger partial charge < -0.3 is 35.1 Å². The number of anilines is 1. The SMILES string of the molecule is COc1cc(OC)c(/C=C/N[C@@H](CO)C(=O)NNS(=O)(=O)c2ccc(OC)c(N)c2)c(OC)c1. The first-order chi connectivity index (χ1) is 16.2. The number of nitrogens with two attached hydrogens (primary N) is 1. The molecule has 2 aromatic rings. The van der Waals surface area contributed by atoms with Gasteiger partial charge in [-0.25, -0.2) is 8.42 Å². The number of hydrogen-bond acceptors (Lipinski definition) is 10. The molecule has 0 spiro atoms. The molecule has 1 atom stereocenters. The molecule has 6 N–H and O–H groups in total. The molecule has 34 heavy (non-hydrogen) atoms. The van der Waals surface area contributed by atoms with E-state index in [-0.39, 0.29) is 10.6 Å². The van der Waals surface area contributed by atoms with Crippen molar-refractivity contribution in [2.24, 2.45) is 0 Å². The van der Waals surface area contributed by atoms with E-state index in [4.69, 9.17) is 24.7 Å². The van der Waals surface area contributed by atoms with Crippen molar-refractivity contribution in [2.45, 2.75) is 10.9 Å². The van der Waals surface area contributed by atoms with E-state index in [1.165, 1.54) is 52.8 Å². The van der Waals surface area contributed by atoms with Gasteiger partial charge in [0.2, 0.25) is 0 Å². The van der Waals surface area contributed by atoms with Gasteiger partial charge in [-0.05, 0) is 30.5 Å². The van der Waals surface area contributed by atoms with Crippen LogP contribution in [0.5, 0.6) is 23.0 Å². The van der Waals surface area contributed by atoms with Crippen molar-refractivity contribution in [1.82, 2.24) is 15.6 Å². The predicted octanol–water partition coefficient (Wildman–Crippen LogP) is 0.234. The summed E-state index contributed by atoms with van der Waals surface area (Å²) in [7, 11) is 1.74. The van der Waals surface area contributed by atoms with Crippen LogP contribution in [0.3, 0.4) is 0 Å². The van der Waals surface area contributed by atoms with E-state index in [1.54, 1.807) is 18.2 Å². The molecular weight excluding hydrogens is 468 g/mol. The van der Waals surface area contributed by atoms with Gasteiger partial charge in [0.05, 0.1) is 51.2 Å². The van der Waals surface area contributed by atoms with Crippen LogP contribution in [0, 0.1) is 0 Å². The third-order valence-electron chi connectivity index (χ3n) is 4.62. The quantitative estimate of drug-likeness (QED) is 0.202. The van der Waals surface area contributed by atoms with Crippen molar-refractivity contribution in [1.29, 1.82) is 0 Å². The Kier molecular flexibility index (Phi) is 9.36. The monoisotopic (exact) mass is 496 g/mol. The van der Waals surface area contributed by atoms with Crippen LogP contribution in [0.2, 0.25) is 0 Å². The lowest BCUT2D eigenvalue weighted by Crippen LogP contribution is -2.51. The Labute approximate surface area is 197 Å². The summed E-state index contributed by atoms with van der Waals surface area (Å²) in [4.78, 5) is 14.2. The zero-order valence-electron chi connectivity index (χ0n) is 19.1. The number of carbonyl (C=O) groups excluding carboxylic acids is 1. The minimum atomic E-state index is -4.12.